The minimum atomic E-state index is 0.487. The lowest BCUT2D eigenvalue weighted by molar-refractivity contribution is 0.591. The van der Waals surface area contributed by atoms with Crippen LogP contribution >= 0.6 is 27.3 Å². The average Bonchev–Trinajstić information content (AvgIpc) is 2.69. The molecule has 0 fully saturated rings. The summed E-state index contributed by atoms with van der Waals surface area (Å²) in [6.07, 6.45) is 1.80. The van der Waals surface area contributed by atoms with E-state index in [1.54, 1.807) is 17.5 Å². The van der Waals surface area contributed by atoms with Gasteiger partial charge in [0.05, 0.1) is 11.4 Å². The van der Waals surface area contributed by atoms with Crippen LogP contribution in [0.3, 0.4) is 0 Å². The Morgan fingerprint density at radius 2 is 2.17 bits per heavy atom. The van der Waals surface area contributed by atoms with Gasteiger partial charge < -0.3 is 5.32 Å². The van der Waals surface area contributed by atoms with Gasteiger partial charge in [-0.2, -0.15) is 0 Å². The smallest absolute Gasteiger partial charge is 0.142 e. The quantitative estimate of drug-likeness (QED) is 0.929. The third kappa shape index (κ3) is 3.37. The number of nitrogens with one attached hydrogen (secondary N) is 1. The summed E-state index contributed by atoms with van der Waals surface area (Å²) in [6, 6.07) is 4.47. The van der Waals surface area contributed by atoms with E-state index in [-0.39, 0.29) is 0 Å². The summed E-state index contributed by atoms with van der Waals surface area (Å²) in [4.78, 5) is 10.2. The van der Waals surface area contributed by atoms with E-state index in [0.29, 0.717) is 6.04 Å². The number of rotatable bonds is 4. The third-order valence-corrected chi connectivity index (χ3v) is 4.16. The predicted octanol–water partition coefficient (Wildman–Crippen LogP) is 3.77. The molecule has 0 bridgehead atoms. The van der Waals surface area contributed by atoms with Crippen LogP contribution in [0.25, 0.3) is 10.7 Å². The maximum absolute atomic E-state index is 4.59. The van der Waals surface area contributed by atoms with Crippen LogP contribution in [-0.2, 0) is 6.54 Å². The number of thiazole rings is 1. The van der Waals surface area contributed by atoms with Gasteiger partial charge in [-0.05, 0) is 35.0 Å². The Morgan fingerprint density at radius 3 is 2.78 bits per heavy atom. The highest BCUT2D eigenvalue weighted by atomic mass is 79.9. The molecule has 0 aliphatic heterocycles. The maximum atomic E-state index is 4.59. The van der Waals surface area contributed by atoms with E-state index in [0.717, 1.165) is 27.4 Å². The fraction of sp³-hybridized carbons (Fsp3) is 0.385. The highest BCUT2D eigenvalue weighted by molar-refractivity contribution is 9.10. The zero-order chi connectivity index (χ0) is 13.1. The Bertz CT molecular complexity index is 520. The van der Waals surface area contributed by atoms with Crippen molar-refractivity contribution in [2.45, 2.75) is 33.4 Å². The number of aromatic nitrogens is 2. The molecule has 0 radical (unpaired) electrons. The lowest BCUT2D eigenvalue weighted by Gasteiger charge is -2.05. The first kappa shape index (κ1) is 13.6. The van der Waals surface area contributed by atoms with Crippen molar-refractivity contribution >= 4 is 27.3 Å². The highest BCUT2D eigenvalue weighted by Gasteiger charge is 2.10. The van der Waals surface area contributed by atoms with Crippen LogP contribution in [0.15, 0.2) is 22.8 Å². The Hall–Kier alpha value is -0.780. The van der Waals surface area contributed by atoms with Gasteiger partial charge >= 0.3 is 0 Å². The normalized spacial score (nSPS) is 11.2. The lowest BCUT2D eigenvalue weighted by atomic mass is 10.3. The van der Waals surface area contributed by atoms with Gasteiger partial charge in [-0.1, -0.05) is 13.8 Å². The molecule has 1 N–H and O–H groups in total. The maximum Gasteiger partial charge on any atom is 0.142 e. The van der Waals surface area contributed by atoms with Crippen molar-refractivity contribution in [3.05, 3.63) is 33.4 Å². The minimum Gasteiger partial charge on any atom is -0.310 e. The van der Waals surface area contributed by atoms with Crippen LogP contribution in [0.2, 0.25) is 0 Å². The van der Waals surface area contributed by atoms with Crippen LogP contribution in [0.5, 0.6) is 0 Å². The predicted molar refractivity (Wildman–Crippen MR) is 79.8 cm³/mol. The number of halogens is 1. The summed E-state index contributed by atoms with van der Waals surface area (Å²) in [5.41, 5.74) is 2.02. The topological polar surface area (TPSA) is 37.8 Å². The van der Waals surface area contributed by atoms with Crippen LogP contribution in [-0.4, -0.2) is 16.0 Å². The van der Waals surface area contributed by atoms with Crippen molar-refractivity contribution in [2.24, 2.45) is 0 Å². The van der Waals surface area contributed by atoms with Crippen molar-refractivity contribution < 1.29 is 0 Å². The van der Waals surface area contributed by atoms with E-state index in [9.17, 15) is 0 Å². The van der Waals surface area contributed by atoms with Gasteiger partial charge in [-0.25, -0.2) is 4.98 Å². The summed E-state index contributed by atoms with van der Waals surface area (Å²) in [6.45, 7) is 7.22. The molecule has 0 unspecified atom stereocenters. The summed E-state index contributed by atoms with van der Waals surface area (Å²) >= 11 is 5.10. The SMILES string of the molecule is Cc1nc(-c2ccc(Br)cn2)sc1CNC(C)C. The molecule has 0 atom stereocenters. The minimum absolute atomic E-state index is 0.487. The average molecular weight is 326 g/mol. The Kier molecular flexibility index (Phi) is 4.48. The van der Waals surface area contributed by atoms with Gasteiger partial charge in [0.2, 0.25) is 0 Å². The second-order valence-corrected chi connectivity index (χ2v) is 6.42. The zero-order valence-corrected chi connectivity index (χ0v) is 13.1. The molecule has 0 saturated carbocycles. The molecule has 0 aromatic carbocycles. The van der Waals surface area contributed by atoms with Crippen LogP contribution in [0, 0.1) is 6.92 Å². The highest BCUT2D eigenvalue weighted by Crippen LogP contribution is 2.27. The summed E-state index contributed by atoms with van der Waals surface area (Å²) < 4.78 is 0.987. The van der Waals surface area contributed by atoms with Crippen LogP contribution in [0.1, 0.15) is 24.4 Å². The van der Waals surface area contributed by atoms with Crippen LogP contribution in [0.4, 0.5) is 0 Å². The van der Waals surface area contributed by atoms with Crippen molar-refractivity contribution in [2.75, 3.05) is 0 Å². The molecule has 2 rings (SSSR count). The molecular weight excluding hydrogens is 310 g/mol. The first-order chi connectivity index (χ1) is 8.56. The standard InChI is InChI=1S/C13H16BrN3S/c1-8(2)15-7-12-9(3)17-13(18-12)11-5-4-10(14)6-16-11/h4-6,8,15H,7H2,1-3H3. The molecule has 0 spiro atoms. The van der Waals surface area contributed by atoms with Gasteiger partial charge in [0.15, 0.2) is 0 Å². The second-order valence-electron chi connectivity index (χ2n) is 4.42. The van der Waals surface area contributed by atoms with Crippen LogP contribution < -0.4 is 5.32 Å². The first-order valence-electron chi connectivity index (χ1n) is 5.88. The number of aryl methyl sites for hydroxylation is 1. The van der Waals surface area contributed by atoms with E-state index in [1.807, 2.05) is 12.1 Å². The van der Waals surface area contributed by atoms with Gasteiger partial charge in [0.1, 0.15) is 5.01 Å². The molecule has 2 heterocycles. The van der Waals surface area contributed by atoms with Gasteiger partial charge in [0, 0.05) is 28.1 Å². The van der Waals surface area contributed by atoms with Crippen molar-refractivity contribution in [1.29, 1.82) is 0 Å². The Morgan fingerprint density at radius 1 is 1.39 bits per heavy atom. The second kappa shape index (κ2) is 5.91. The Balaban J connectivity index is 2.20. The number of hydrogen-bond acceptors (Lipinski definition) is 4. The van der Waals surface area contributed by atoms with Gasteiger partial charge in [-0.3, -0.25) is 4.98 Å². The summed E-state index contributed by atoms with van der Waals surface area (Å²) in [5.74, 6) is 0. The molecule has 5 heteroatoms. The molecule has 2 aromatic heterocycles. The fourth-order valence-corrected chi connectivity index (χ4v) is 2.73. The molecule has 0 amide bonds. The largest absolute Gasteiger partial charge is 0.310 e. The fourth-order valence-electron chi connectivity index (χ4n) is 1.50. The molecule has 18 heavy (non-hydrogen) atoms. The molecular formula is C13H16BrN3S. The van der Waals surface area contributed by atoms with E-state index in [1.165, 1.54) is 4.88 Å². The van der Waals surface area contributed by atoms with E-state index in [2.05, 4.69) is 52.0 Å². The van der Waals surface area contributed by atoms with Crippen molar-refractivity contribution in [3.63, 3.8) is 0 Å². The molecule has 3 nitrogen and oxygen atoms in total. The first-order valence-corrected chi connectivity index (χ1v) is 7.49. The number of nitrogens with zero attached hydrogens (tertiary/aromatic N) is 2. The van der Waals surface area contributed by atoms with E-state index >= 15 is 0 Å². The van der Waals surface area contributed by atoms with Gasteiger partial charge in [0.25, 0.3) is 0 Å². The molecule has 0 aliphatic rings. The number of hydrogen-bond donors (Lipinski definition) is 1. The molecule has 0 saturated heterocycles. The molecule has 0 aliphatic carbocycles. The Labute approximate surface area is 120 Å². The monoisotopic (exact) mass is 325 g/mol. The number of pyridine rings is 1. The van der Waals surface area contributed by atoms with E-state index in [4.69, 9.17) is 0 Å². The van der Waals surface area contributed by atoms with E-state index < -0.39 is 0 Å². The van der Waals surface area contributed by atoms with Gasteiger partial charge in [-0.15, -0.1) is 11.3 Å². The van der Waals surface area contributed by atoms with Crippen molar-refractivity contribution in [1.82, 2.24) is 15.3 Å². The summed E-state index contributed by atoms with van der Waals surface area (Å²) in [7, 11) is 0. The molecule has 96 valence electrons. The zero-order valence-electron chi connectivity index (χ0n) is 10.7. The van der Waals surface area contributed by atoms with Crippen molar-refractivity contribution in [3.8, 4) is 10.7 Å². The summed E-state index contributed by atoms with van der Waals surface area (Å²) in [5, 5.41) is 4.41. The molecule has 2 aromatic rings. The lowest BCUT2D eigenvalue weighted by Crippen LogP contribution is -2.21. The third-order valence-electron chi connectivity index (χ3n) is 2.51.